The number of halogens is 2. The van der Waals surface area contributed by atoms with Crippen LogP contribution in [0.3, 0.4) is 0 Å². The molecule has 0 saturated heterocycles. The zero-order valence-electron chi connectivity index (χ0n) is 19.6. The molecule has 0 aromatic heterocycles. The molecule has 1 N–H and O–H groups in total. The number of carboxylic acids is 1. The number of hydroxylamine groups is 2. The molecular weight excluding hydrogens is 472 g/mol. The lowest BCUT2D eigenvalue weighted by atomic mass is 9.90. The Morgan fingerprint density at radius 1 is 1.00 bits per heavy atom. The van der Waals surface area contributed by atoms with E-state index in [1.54, 1.807) is 30.3 Å². The standard InChI is InChI=1S/C27H25F2NO6/c1-2-34-25-9-6-17(14-26(31)32)13-22(25)20-7-8-24(29)21-10-11-30(15-23(20)21)36-27(33)35-16-18-4-3-5-19(28)12-18/h3-9,12-13H,2,10-11,14-16H2,1H3,(H,31,32). The SMILES string of the molecule is CCOc1ccc(CC(=O)O)cc1-c1ccc(F)c2c1CN(OC(=O)OCc1cccc(F)c1)CC2. The number of ether oxygens (including phenoxy) is 2. The average Bonchev–Trinajstić information content (AvgIpc) is 2.84. The fourth-order valence-electron chi connectivity index (χ4n) is 4.19. The van der Waals surface area contributed by atoms with Crippen molar-refractivity contribution in [1.29, 1.82) is 0 Å². The third-order valence-corrected chi connectivity index (χ3v) is 5.76. The van der Waals surface area contributed by atoms with Crippen LogP contribution in [0.1, 0.15) is 29.2 Å². The number of carbonyl (C=O) groups is 2. The molecule has 1 aliphatic heterocycles. The number of fused-ring (bicyclic) bond motifs is 1. The molecule has 0 radical (unpaired) electrons. The molecule has 3 aromatic rings. The van der Waals surface area contributed by atoms with Crippen molar-refractivity contribution in [2.24, 2.45) is 0 Å². The number of carbonyl (C=O) groups excluding carboxylic acids is 1. The highest BCUT2D eigenvalue weighted by molar-refractivity contribution is 5.77. The van der Waals surface area contributed by atoms with Gasteiger partial charge in [0.1, 0.15) is 24.0 Å². The van der Waals surface area contributed by atoms with Gasteiger partial charge >= 0.3 is 12.1 Å². The zero-order valence-corrected chi connectivity index (χ0v) is 19.6. The number of hydrogen-bond acceptors (Lipinski definition) is 6. The van der Waals surface area contributed by atoms with Gasteiger partial charge in [0.25, 0.3) is 0 Å². The Bertz CT molecular complexity index is 1280. The van der Waals surface area contributed by atoms with E-state index in [9.17, 15) is 23.5 Å². The molecule has 0 aliphatic carbocycles. The Morgan fingerprint density at radius 2 is 1.83 bits per heavy atom. The first-order chi connectivity index (χ1) is 17.3. The van der Waals surface area contributed by atoms with Gasteiger partial charge in [-0.05, 0) is 71.5 Å². The monoisotopic (exact) mass is 497 g/mol. The molecule has 3 aromatic carbocycles. The van der Waals surface area contributed by atoms with E-state index in [-0.39, 0.29) is 38.4 Å². The van der Waals surface area contributed by atoms with Gasteiger partial charge in [-0.15, -0.1) is 5.06 Å². The lowest BCUT2D eigenvalue weighted by Crippen LogP contribution is -2.34. The second-order valence-electron chi connectivity index (χ2n) is 8.26. The third kappa shape index (κ3) is 5.98. The molecule has 0 bridgehead atoms. The van der Waals surface area contributed by atoms with Gasteiger partial charge in [0, 0.05) is 12.1 Å². The summed E-state index contributed by atoms with van der Waals surface area (Å²) in [5.41, 5.74) is 3.43. The van der Waals surface area contributed by atoms with Crippen molar-refractivity contribution in [1.82, 2.24) is 5.06 Å². The normalized spacial score (nSPS) is 13.1. The van der Waals surface area contributed by atoms with Gasteiger partial charge in [-0.1, -0.05) is 24.3 Å². The number of rotatable bonds is 8. The van der Waals surface area contributed by atoms with Crippen LogP contribution in [0.5, 0.6) is 5.75 Å². The summed E-state index contributed by atoms with van der Waals surface area (Å²) in [6.07, 6.45) is -0.848. The Labute approximate surface area is 206 Å². The van der Waals surface area contributed by atoms with Crippen molar-refractivity contribution in [2.75, 3.05) is 13.2 Å². The van der Waals surface area contributed by atoms with E-state index in [4.69, 9.17) is 14.3 Å². The molecule has 4 rings (SSSR count). The number of aliphatic carboxylic acids is 1. The van der Waals surface area contributed by atoms with Gasteiger partial charge in [0.2, 0.25) is 0 Å². The fourth-order valence-corrected chi connectivity index (χ4v) is 4.19. The van der Waals surface area contributed by atoms with Gasteiger partial charge < -0.3 is 19.4 Å². The molecule has 1 heterocycles. The van der Waals surface area contributed by atoms with Crippen LogP contribution in [0.15, 0.2) is 54.6 Å². The smallest absolute Gasteiger partial charge is 0.493 e. The quantitative estimate of drug-likeness (QED) is 0.424. The Morgan fingerprint density at radius 3 is 2.58 bits per heavy atom. The van der Waals surface area contributed by atoms with Crippen LogP contribution in [0, 0.1) is 11.6 Å². The Kier molecular flexibility index (Phi) is 7.80. The van der Waals surface area contributed by atoms with E-state index >= 15 is 0 Å². The molecule has 0 fully saturated rings. The molecule has 1 aliphatic rings. The molecule has 36 heavy (non-hydrogen) atoms. The van der Waals surface area contributed by atoms with E-state index in [1.807, 2.05) is 6.92 Å². The first kappa shape index (κ1) is 25.1. The number of nitrogens with zero attached hydrogens (tertiary/aromatic N) is 1. The molecular formula is C27H25F2NO6. The summed E-state index contributed by atoms with van der Waals surface area (Å²) in [5, 5.41) is 10.6. The minimum atomic E-state index is -0.970. The van der Waals surface area contributed by atoms with Crippen molar-refractivity contribution in [3.63, 3.8) is 0 Å². The second kappa shape index (κ2) is 11.2. The largest absolute Gasteiger partial charge is 0.528 e. The third-order valence-electron chi connectivity index (χ3n) is 5.76. The van der Waals surface area contributed by atoms with Crippen molar-refractivity contribution in [3.05, 3.63) is 88.5 Å². The van der Waals surface area contributed by atoms with E-state index in [2.05, 4.69) is 0 Å². The highest BCUT2D eigenvalue weighted by atomic mass is 19.1. The maximum Gasteiger partial charge on any atom is 0.528 e. The first-order valence-corrected chi connectivity index (χ1v) is 11.5. The van der Waals surface area contributed by atoms with Crippen LogP contribution >= 0.6 is 0 Å². The maximum atomic E-state index is 14.7. The summed E-state index contributed by atoms with van der Waals surface area (Å²) in [5.74, 6) is -1.25. The molecule has 0 saturated carbocycles. The van der Waals surface area contributed by atoms with E-state index < -0.39 is 17.9 Å². The Balaban J connectivity index is 1.56. The summed E-state index contributed by atoms with van der Waals surface area (Å²) < 4.78 is 38.9. The van der Waals surface area contributed by atoms with Gasteiger partial charge in [-0.3, -0.25) is 4.79 Å². The average molecular weight is 497 g/mol. The number of carboxylic acid groups (broad SMARTS) is 1. The lowest BCUT2D eigenvalue weighted by molar-refractivity contribution is -0.139. The summed E-state index contributed by atoms with van der Waals surface area (Å²) in [6, 6.07) is 13.8. The fraction of sp³-hybridized carbons (Fsp3) is 0.259. The predicted octanol–water partition coefficient (Wildman–Crippen LogP) is 5.28. The topological polar surface area (TPSA) is 85.3 Å². The van der Waals surface area contributed by atoms with Crippen LogP contribution in [0.2, 0.25) is 0 Å². The molecule has 0 spiro atoms. The number of benzene rings is 3. The number of hydrogen-bond donors (Lipinski definition) is 1. The summed E-state index contributed by atoms with van der Waals surface area (Å²) in [6.45, 7) is 2.40. The van der Waals surface area contributed by atoms with E-state index in [0.29, 0.717) is 45.7 Å². The van der Waals surface area contributed by atoms with Crippen LogP contribution in [0.4, 0.5) is 13.6 Å². The molecule has 0 unspecified atom stereocenters. The van der Waals surface area contributed by atoms with Gasteiger partial charge in [0.15, 0.2) is 0 Å². The Hall–Kier alpha value is -3.98. The van der Waals surface area contributed by atoms with Crippen molar-refractivity contribution >= 4 is 12.1 Å². The highest BCUT2D eigenvalue weighted by Crippen LogP contribution is 2.38. The van der Waals surface area contributed by atoms with Crippen LogP contribution in [-0.2, 0) is 40.4 Å². The van der Waals surface area contributed by atoms with E-state index in [0.717, 1.165) is 0 Å². The lowest BCUT2D eigenvalue weighted by Gasteiger charge is -2.29. The summed E-state index contributed by atoms with van der Waals surface area (Å²) in [4.78, 5) is 28.8. The summed E-state index contributed by atoms with van der Waals surface area (Å²) in [7, 11) is 0. The van der Waals surface area contributed by atoms with Crippen LogP contribution < -0.4 is 4.74 Å². The molecule has 188 valence electrons. The minimum Gasteiger partial charge on any atom is -0.493 e. The first-order valence-electron chi connectivity index (χ1n) is 11.5. The molecule has 0 atom stereocenters. The second-order valence-corrected chi connectivity index (χ2v) is 8.26. The van der Waals surface area contributed by atoms with Crippen molar-refractivity contribution in [2.45, 2.75) is 32.9 Å². The van der Waals surface area contributed by atoms with Crippen LogP contribution in [0.25, 0.3) is 11.1 Å². The van der Waals surface area contributed by atoms with Gasteiger partial charge in [0.05, 0.1) is 19.6 Å². The molecule has 7 nitrogen and oxygen atoms in total. The minimum absolute atomic E-state index is 0.0895. The van der Waals surface area contributed by atoms with Crippen molar-refractivity contribution in [3.8, 4) is 16.9 Å². The molecule has 0 amide bonds. The van der Waals surface area contributed by atoms with Crippen LogP contribution in [-0.4, -0.2) is 35.4 Å². The van der Waals surface area contributed by atoms with Gasteiger partial charge in [-0.2, -0.15) is 0 Å². The zero-order chi connectivity index (χ0) is 25.7. The molecule has 9 heteroatoms. The summed E-state index contributed by atoms with van der Waals surface area (Å²) >= 11 is 0. The van der Waals surface area contributed by atoms with E-state index in [1.165, 1.54) is 29.3 Å². The highest BCUT2D eigenvalue weighted by Gasteiger charge is 2.27. The maximum absolute atomic E-state index is 14.7. The van der Waals surface area contributed by atoms with Crippen molar-refractivity contribution < 1.29 is 37.8 Å². The van der Waals surface area contributed by atoms with Gasteiger partial charge in [-0.25, -0.2) is 13.6 Å². The predicted molar refractivity (Wildman–Crippen MR) is 126 cm³/mol.